The smallest absolute Gasteiger partial charge is 0.273 e. The van der Waals surface area contributed by atoms with Crippen LogP contribution in [0.5, 0.6) is 11.5 Å². The van der Waals surface area contributed by atoms with Gasteiger partial charge >= 0.3 is 0 Å². The average molecular weight is 208 g/mol. The zero-order valence-electron chi connectivity index (χ0n) is 7.97. The van der Waals surface area contributed by atoms with Crippen molar-refractivity contribution in [3.63, 3.8) is 0 Å². The van der Waals surface area contributed by atoms with Gasteiger partial charge in [-0.05, 0) is 6.07 Å². The maximum atomic E-state index is 10.5. The van der Waals surface area contributed by atoms with Crippen molar-refractivity contribution in [1.82, 2.24) is 0 Å². The number of hydrogen-bond donors (Lipinski definition) is 0. The molecule has 0 heterocycles. The zero-order valence-corrected chi connectivity index (χ0v) is 7.97. The molecule has 0 unspecified atom stereocenters. The lowest BCUT2D eigenvalue weighted by Gasteiger charge is -2.07. The predicted molar refractivity (Wildman–Crippen MR) is 50.8 cm³/mol. The number of nitro groups is 1. The first-order valence-corrected chi connectivity index (χ1v) is 4.01. The minimum atomic E-state index is -0.531. The summed E-state index contributed by atoms with van der Waals surface area (Å²) in [6.07, 6.45) is 0. The second kappa shape index (κ2) is 4.81. The van der Waals surface area contributed by atoms with Gasteiger partial charge in [0.1, 0.15) is 6.07 Å². The van der Waals surface area contributed by atoms with Gasteiger partial charge in [0, 0.05) is 6.07 Å². The molecule has 6 heteroatoms. The molecular weight excluding hydrogens is 200 g/mol. The summed E-state index contributed by atoms with van der Waals surface area (Å²) in [4.78, 5) is 9.92. The number of nitrogens with zero attached hydrogens (tertiary/aromatic N) is 2. The molecule has 0 bridgehead atoms. The van der Waals surface area contributed by atoms with E-state index in [9.17, 15) is 10.1 Å². The van der Waals surface area contributed by atoms with Crippen LogP contribution < -0.4 is 9.47 Å². The summed E-state index contributed by atoms with van der Waals surface area (Å²) in [7, 11) is 1.37. The van der Waals surface area contributed by atoms with Gasteiger partial charge in [-0.25, -0.2) is 0 Å². The van der Waals surface area contributed by atoms with Gasteiger partial charge in [0.25, 0.3) is 5.69 Å². The lowest BCUT2D eigenvalue weighted by molar-refractivity contribution is -0.384. The Labute approximate surface area is 85.8 Å². The molecule has 0 aliphatic carbocycles. The molecule has 15 heavy (non-hydrogen) atoms. The molecule has 0 N–H and O–H groups in total. The van der Waals surface area contributed by atoms with E-state index in [4.69, 9.17) is 14.7 Å². The summed E-state index contributed by atoms with van der Waals surface area (Å²) in [6.45, 7) is -0.131. The van der Waals surface area contributed by atoms with Gasteiger partial charge in [0.15, 0.2) is 18.1 Å². The largest absolute Gasteiger partial charge is 0.493 e. The number of ether oxygens (including phenoxy) is 2. The molecule has 0 fully saturated rings. The third kappa shape index (κ3) is 2.57. The van der Waals surface area contributed by atoms with Crippen molar-refractivity contribution in [1.29, 1.82) is 5.26 Å². The third-order valence-corrected chi connectivity index (χ3v) is 1.65. The molecule has 0 aliphatic heterocycles. The van der Waals surface area contributed by atoms with Crippen molar-refractivity contribution in [2.75, 3.05) is 13.7 Å². The highest BCUT2D eigenvalue weighted by atomic mass is 16.6. The van der Waals surface area contributed by atoms with E-state index in [1.807, 2.05) is 0 Å². The molecule has 1 aromatic carbocycles. The van der Waals surface area contributed by atoms with E-state index in [2.05, 4.69) is 0 Å². The average Bonchev–Trinajstić information content (AvgIpc) is 2.25. The van der Waals surface area contributed by atoms with Crippen LogP contribution in [-0.4, -0.2) is 18.6 Å². The molecule has 0 aromatic heterocycles. The van der Waals surface area contributed by atoms with Crippen LogP contribution >= 0.6 is 0 Å². The molecule has 6 nitrogen and oxygen atoms in total. The van der Waals surface area contributed by atoms with E-state index in [1.165, 1.54) is 25.3 Å². The van der Waals surface area contributed by atoms with Crippen LogP contribution in [0, 0.1) is 21.4 Å². The highest BCUT2D eigenvalue weighted by Gasteiger charge is 2.11. The van der Waals surface area contributed by atoms with Gasteiger partial charge in [0.2, 0.25) is 0 Å². The lowest BCUT2D eigenvalue weighted by Crippen LogP contribution is -1.97. The Kier molecular flexibility index (Phi) is 3.46. The first-order valence-electron chi connectivity index (χ1n) is 4.01. The lowest BCUT2D eigenvalue weighted by atomic mass is 10.3. The zero-order chi connectivity index (χ0) is 11.3. The maximum Gasteiger partial charge on any atom is 0.273 e. The quantitative estimate of drug-likeness (QED) is 0.552. The van der Waals surface area contributed by atoms with Crippen LogP contribution in [0.3, 0.4) is 0 Å². The Balaban J connectivity index is 2.99. The Morgan fingerprint density at radius 1 is 1.53 bits per heavy atom. The summed E-state index contributed by atoms with van der Waals surface area (Å²) in [6, 6.07) is 5.72. The minimum Gasteiger partial charge on any atom is -0.493 e. The van der Waals surface area contributed by atoms with E-state index in [-0.39, 0.29) is 18.0 Å². The normalized spacial score (nSPS) is 9.07. The molecule has 0 atom stereocenters. The fraction of sp³-hybridized carbons (Fsp3) is 0.222. The highest BCUT2D eigenvalue weighted by molar-refractivity contribution is 5.48. The Hall–Kier alpha value is -2.29. The standard InChI is InChI=1S/C9H8N2O4/c1-14-9-6-7(11(12)13)2-3-8(9)15-5-4-10/h2-3,6H,5H2,1H3. The molecule has 0 radical (unpaired) electrons. The molecule has 0 aliphatic rings. The Bertz CT molecular complexity index is 411. The van der Waals surface area contributed by atoms with Gasteiger partial charge < -0.3 is 9.47 Å². The molecule has 1 rings (SSSR count). The molecule has 1 aromatic rings. The van der Waals surface area contributed by atoms with Crippen LogP contribution in [0.1, 0.15) is 0 Å². The highest BCUT2D eigenvalue weighted by Crippen LogP contribution is 2.30. The summed E-state index contributed by atoms with van der Waals surface area (Å²) >= 11 is 0. The van der Waals surface area contributed by atoms with Gasteiger partial charge in [-0.1, -0.05) is 0 Å². The molecule has 0 saturated heterocycles. The van der Waals surface area contributed by atoms with Crippen molar-refractivity contribution in [2.24, 2.45) is 0 Å². The summed E-state index contributed by atoms with van der Waals surface area (Å²) in [5, 5.41) is 18.8. The van der Waals surface area contributed by atoms with Crippen LogP contribution in [0.4, 0.5) is 5.69 Å². The van der Waals surface area contributed by atoms with Crippen molar-refractivity contribution >= 4 is 5.69 Å². The van der Waals surface area contributed by atoms with Gasteiger partial charge in [-0.3, -0.25) is 10.1 Å². The van der Waals surface area contributed by atoms with Crippen LogP contribution in [0.2, 0.25) is 0 Å². The first-order chi connectivity index (χ1) is 7.19. The van der Waals surface area contributed by atoms with Crippen LogP contribution in [-0.2, 0) is 0 Å². The van der Waals surface area contributed by atoms with Crippen LogP contribution in [0.15, 0.2) is 18.2 Å². The summed E-state index contributed by atoms with van der Waals surface area (Å²) in [5.74, 6) is 0.545. The third-order valence-electron chi connectivity index (χ3n) is 1.65. The fourth-order valence-corrected chi connectivity index (χ4v) is 0.999. The van der Waals surface area contributed by atoms with E-state index < -0.39 is 4.92 Å². The molecular formula is C9H8N2O4. The van der Waals surface area contributed by atoms with Crippen molar-refractivity contribution in [3.8, 4) is 17.6 Å². The number of hydrogen-bond acceptors (Lipinski definition) is 5. The maximum absolute atomic E-state index is 10.5. The number of benzene rings is 1. The van der Waals surface area contributed by atoms with Crippen molar-refractivity contribution in [3.05, 3.63) is 28.3 Å². The number of non-ortho nitro benzene ring substituents is 1. The number of nitriles is 1. The molecule has 78 valence electrons. The van der Waals surface area contributed by atoms with E-state index in [1.54, 1.807) is 6.07 Å². The van der Waals surface area contributed by atoms with Crippen molar-refractivity contribution < 1.29 is 14.4 Å². The fourth-order valence-electron chi connectivity index (χ4n) is 0.999. The first kappa shape index (κ1) is 10.8. The number of rotatable bonds is 4. The SMILES string of the molecule is COc1cc([N+](=O)[O-])ccc1OCC#N. The van der Waals surface area contributed by atoms with E-state index >= 15 is 0 Å². The van der Waals surface area contributed by atoms with Crippen molar-refractivity contribution in [2.45, 2.75) is 0 Å². The number of nitro benzene ring substituents is 1. The minimum absolute atomic E-state index is 0.0869. The van der Waals surface area contributed by atoms with E-state index in [0.29, 0.717) is 5.75 Å². The van der Waals surface area contributed by atoms with Gasteiger partial charge in [-0.2, -0.15) is 5.26 Å². The summed E-state index contributed by atoms with van der Waals surface area (Å²) in [5.41, 5.74) is -0.0869. The second-order valence-electron chi connectivity index (χ2n) is 2.54. The van der Waals surface area contributed by atoms with Crippen LogP contribution in [0.25, 0.3) is 0 Å². The predicted octanol–water partition coefficient (Wildman–Crippen LogP) is 1.51. The molecule has 0 amide bonds. The van der Waals surface area contributed by atoms with Gasteiger partial charge in [-0.15, -0.1) is 0 Å². The Morgan fingerprint density at radius 3 is 2.80 bits per heavy atom. The summed E-state index contributed by atoms with van der Waals surface area (Å²) < 4.78 is 9.90. The topological polar surface area (TPSA) is 85.4 Å². The van der Waals surface area contributed by atoms with Gasteiger partial charge in [0.05, 0.1) is 18.1 Å². The number of methoxy groups -OCH3 is 1. The van der Waals surface area contributed by atoms with E-state index in [0.717, 1.165) is 0 Å². The second-order valence-corrected chi connectivity index (χ2v) is 2.54. The Morgan fingerprint density at radius 2 is 2.27 bits per heavy atom. The monoisotopic (exact) mass is 208 g/mol. The molecule has 0 saturated carbocycles. The molecule has 0 spiro atoms.